The van der Waals surface area contributed by atoms with Crippen LogP contribution in [0.15, 0.2) is 152 Å². The van der Waals surface area contributed by atoms with Crippen LogP contribution in [0.2, 0.25) is 0 Å². The number of benzene rings is 6. The number of para-hydroxylation sites is 1. The van der Waals surface area contributed by atoms with Crippen LogP contribution in [0, 0.1) is 0 Å². The molecule has 1 aliphatic carbocycles. The number of anilines is 4. The van der Waals surface area contributed by atoms with Crippen molar-refractivity contribution in [2.75, 3.05) is 10.6 Å². The zero-order valence-corrected chi connectivity index (χ0v) is 23.1. The molecule has 6 aromatic rings. The van der Waals surface area contributed by atoms with Crippen LogP contribution in [0.3, 0.4) is 0 Å². The minimum absolute atomic E-state index is 0.122. The molecule has 198 valence electrons. The van der Waals surface area contributed by atoms with E-state index in [9.17, 15) is 0 Å². The van der Waals surface area contributed by atoms with Crippen LogP contribution in [0.1, 0.15) is 23.6 Å². The second-order valence-corrected chi connectivity index (χ2v) is 11.1. The Morgan fingerprint density at radius 2 is 1.02 bits per heavy atom. The Labute approximate surface area is 242 Å². The summed E-state index contributed by atoms with van der Waals surface area (Å²) in [6.45, 7) is 2.39. The molecule has 7 rings (SSSR count). The Morgan fingerprint density at radius 1 is 0.439 bits per heavy atom. The van der Waals surface area contributed by atoms with E-state index in [2.05, 4.69) is 163 Å². The van der Waals surface area contributed by atoms with Crippen LogP contribution in [0.4, 0.5) is 22.7 Å². The topological polar surface area (TPSA) is 24.1 Å². The van der Waals surface area contributed by atoms with Gasteiger partial charge in [0.05, 0.1) is 0 Å². The van der Waals surface area contributed by atoms with Crippen molar-refractivity contribution in [1.82, 2.24) is 0 Å². The van der Waals surface area contributed by atoms with Gasteiger partial charge < -0.3 is 10.6 Å². The van der Waals surface area contributed by atoms with Gasteiger partial charge in [-0.05, 0) is 93.9 Å². The standard InChI is InChI=1S/C39H32N2/c1-39(27-28-12-10-18-32(24-28)41-33-19-11-15-30(25-33)29-13-4-2-5-14-29)37-21-9-8-20-35(37)36-26-34(22-23-38(36)39)40-31-16-6-3-7-17-31/h2-26,40-41H,27H2,1H3. The average Bonchev–Trinajstić information content (AvgIpc) is 3.26. The summed E-state index contributed by atoms with van der Waals surface area (Å²) >= 11 is 0. The zero-order valence-electron chi connectivity index (χ0n) is 23.1. The highest BCUT2D eigenvalue weighted by molar-refractivity contribution is 5.84. The van der Waals surface area contributed by atoms with Gasteiger partial charge in [0.2, 0.25) is 0 Å². The molecule has 0 radical (unpaired) electrons. The second-order valence-electron chi connectivity index (χ2n) is 11.1. The Hall–Kier alpha value is -5.08. The van der Waals surface area contributed by atoms with E-state index in [1.165, 1.54) is 38.9 Å². The van der Waals surface area contributed by atoms with Crippen molar-refractivity contribution >= 4 is 22.7 Å². The largest absolute Gasteiger partial charge is 0.356 e. The number of hydrogen-bond donors (Lipinski definition) is 2. The molecular formula is C39H32N2. The van der Waals surface area contributed by atoms with Gasteiger partial charge in [0, 0.05) is 28.2 Å². The molecule has 0 aliphatic heterocycles. The maximum Gasteiger partial charge on any atom is 0.0390 e. The van der Waals surface area contributed by atoms with Crippen molar-refractivity contribution in [3.63, 3.8) is 0 Å². The third kappa shape index (κ3) is 4.90. The highest BCUT2D eigenvalue weighted by Crippen LogP contribution is 2.51. The van der Waals surface area contributed by atoms with Crippen LogP contribution in [-0.4, -0.2) is 0 Å². The molecule has 1 atom stereocenters. The maximum absolute atomic E-state index is 3.65. The fourth-order valence-electron chi connectivity index (χ4n) is 6.29. The molecule has 0 heterocycles. The van der Waals surface area contributed by atoms with Crippen molar-refractivity contribution in [2.24, 2.45) is 0 Å². The van der Waals surface area contributed by atoms with Crippen molar-refractivity contribution in [3.8, 4) is 22.3 Å². The molecule has 0 bridgehead atoms. The summed E-state index contributed by atoms with van der Waals surface area (Å²) in [5.74, 6) is 0. The number of fused-ring (bicyclic) bond motifs is 3. The van der Waals surface area contributed by atoms with Gasteiger partial charge in [-0.2, -0.15) is 0 Å². The average molecular weight is 529 g/mol. The van der Waals surface area contributed by atoms with Gasteiger partial charge in [0.1, 0.15) is 0 Å². The van der Waals surface area contributed by atoms with Gasteiger partial charge in [0.25, 0.3) is 0 Å². The number of rotatable bonds is 7. The first kappa shape index (κ1) is 24.9. The lowest BCUT2D eigenvalue weighted by Gasteiger charge is -2.28. The van der Waals surface area contributed by atoms with Crippen LogP contribution >= 0.6 is 0 Å². The summed E-state index contributed by atoms with van der Waals surface area (Å²) in [6.07, 6.45) is 0.919. The van der Waals surface area contributed by atoms with E-state index >= 15 is 0 Å². The Bertz CT molecular complexity index is 1820. The molecule has 0 saturated carbocycles. The molecule has 0 fully saturated rings. The quantitative estimate of drug-likeness (QED) is 0.215. The van der Waals surface area contributed by atoms with E-state index in [4.69, 9.17) is 0 Å². The highest BCUT2D eigenvalue weighted by atomic mass is 14.9. The van der Waals surface area contributed by atoms with E-state index < -0.39 is 0 Å². The molecule has 0 aromatic heterocycles. The molecule has 2 nitrogen and oxygen atoms in total. The fourth-order valence-corrected chi connectivity index (χ4v) is 6.29. The van der Waals surface area contributed by atoms with Gasteiger partial charge in [-0.3, -0.25) is 0 Å². The lowest BCUT2D eigenvalue weighted by molar-refractivity contribution is 0.583. The Morgan fingerprint density at radius 3 is 1.85 bits per heavy atom. The Kier molecular flexibility index (Phi) is 6.37. The van der Waals surface area contributed by atoms with Crippen molar-refractivity contribution in [3.05, 3.63) is 168 Å². The molecule has 6 aromatic carbocycles. The third-order valence-electron chi connectivity index (χ3n) is 8.23. The van der Waals surface area contributed by atoms with Crippen molar-refractivity contribution in [2.45, 2.75) is 18.8 Å². The first-order chi connectivity index (χ1) is 20.2. The maximum atomic E-state index is 3.65. The lowest BCUT2D eigenvalue weighted by atomic mass is 9.75. The van der Waals surface area contributed by atoms with E-state index in [0.29, 0.717) is 0 Å². The van der Waals surface area contributed by atoms with Crippen LogP contribution < -0.4 is 10.6 Å². The van der Waals surface area contributed by atoms with Gasteiger partial charge in [0.15, 0.2) is 0 Å². The SMILES string of the molecule is CC1(Cc2cccc(Nc3cccc(-c4ccccc4)c3)c2)c2ccccc2-c2cc(Nc3ccccc3)ccc21. The van der Waals surface area contributed by atoms with Crippen LogP contribution in [-0.2, 0) is 11.8 Å². The highest BCUT2D eigenvalue weighted by Gasteiger charge is 2.39. The predicted molar refractivity (Wildman–Crippen MR) is 173 cm³/mol. The Balaban J connectivity index is 1.18. The zero-order chi connectivity index (χ0) is 27.6. The van der Waals surface area contributed by atoms with E-state index in [1.54, 1.807) is 0 Å². The van der Waals surface area contributed by atoms with E-state index in [0.717, 1.165) is 29.2 Å². The summed E-state index contributed by atoms with van der Waals surface area (Å²) in [5, 5.41) is 7.23. The lowest BCUT2D eigenvalue weighted by Crippen LogP contribution is -2.24. The van der Waals surface area contributed by atoms with E-state index in [1.807, 2.05) is 6.07 Å². The molecule has 2 N–H and O–H groups in total. The molecule has 0 saturated heterocycles. The third-order valence-corrected chi connectivity index (χ3v) is 8.23. The molecule has 0 amide bonds. The first-order valence-corrected chi connectivity index (χ1v) is 14.2. The summed E-state index contributed by atoms with van der Waals surface area (Å²) in [7, 11) is 0. The van der Waals surface area contributed by atoms with Gasteiger partial charge in [-0.15, -0.1) is 0 Å². The monoisotopic (exact) mass is 528 g/mol. The van der Waals surface area contributed by atoms with Crippen LogP contribution in [0.25, 0.3) is 22.3 Å². The summed E-state index contributed by atoms with van der Waals surface area (Å²) in [4.78, 5) is 0. The second kappa shape index (κ2) is 10.5. The minimum Gasteiger partial charge on any atom is -0.356 e. The molecule has 2 heteroatoms. The minimum atomic E-state index is -0.122. The van der Waals surface area contributed by atoms with Gasteiger partial charge in [-0.1, -0.05) is 110 Å². The summed E-state index contributed by atoms with van der Waals surface area (Å²) in [6, 6.07) is 54.1. The number of nitrogens with one attached hydrogen (secondary N) is 2. The van der Waals surface area contributed by atoms with Gasteiger partial charge >= 0.3 is 0 Å². The van der Waals surface area contributed by atoms with Crippen molar-refractivity contribution in [1.29, 1.82) is 0 Å². The fraction of sp³-hybridized carbons (Fsp3) is 0.0769. The van der Waals surface area contributed by atoms with E-state index in [-0.39, 0.29) is 5.41 Å². The predicted octanol–water partition coefficient (Wildman–Crippen LogP) is 10.4. The molecule has 1 unspecified atom stereocenters. The molecule has 1 aliphatic rings. The normalized spacial score (nSPS) is 15.1. The van der Waals surface area contributed by atoms with Crippen LogP contribution in [0.5, 0.6) is 0 Å². The molecular weight excluding hydrogens is 496 g/mol. The van der Waals surface area contributed by atoms with Gasteiger partial charge in [-0.25, -0.2) is 0 Å². The molecule has 41 heavy (non-hydrogen) atoms. The molecule has 0 spiro atoms. The summed E-state index contributed by atoms with van der Waals surface area (Å²) in [5.41, 5.74) is 13.4. The van der Waals surface area contributed by atoms with Crippen molar-refractivity contribution < 1.29 is 0 Å². The summed E-state index contributed by atoms with van der Waals surface area (Å²) < 4.78 is 0. The number of hydrogen-bond acceptors (Lipinski definition) is 2. The smallest absolute Gasteiger partial charge is 0.0390 e. The first-order valence-electron chi connectivity index (χ1n) is 14.2.